The summed E-state index contributed by atoms with van der Waals surface area (Å²) in [6.45, 7) is 3.73. The van der Waals surface area contributed by atoms with Gasteiger partial charge in [0.05, 0.1) is 11.1 Å². The number of thiophene rings is 1. The molecular weight excluding hydrogens is 184 g/mol. The minimum atomic E-state index is -0.477. The monoisotopic (exact) mass is 192 g/mol. The van der Waals surface area contributed by atoms with E-state index in [-0.39, 0.29) is 5.91 Å². The van der Waals surface area contributed by atoms with Crippen molar-refractivity contribution in [2.75, 3.05) is 5.32 Å². The summed E-state index contributed by atoms with van der Waals surface area (Å²) in [4.78, 5) is 13.0. The molecule has 0 aromatic carbocycles. The molecule has 1 aliphatic heterocycles. The zero-order valence-electron chi connectivity index (χ0n) is 7.34. The maximum Gasteiger partial charge on any atom is 0.235 e. The summed E-state index contributed by atoms with van der Waals surface area (Å²) in [6.07, 6.45) is 0. The fourth-order valence-corrected chi connectivity index (χ4v) is 2.40. The van der Waals surface area contributed by atoms with Crippen molar-refractivity contribution >= 4 is 22.9 Å². The molecule has 0 saturated heterocycles. The maximum atomic E-state index is 11.4. The van der Waals surface area contributed by atoms with Gasteiger partial charge in [-0.05, 0) is 19.9 Å². The highest BCUT2D eigenvalue weighted by atomic mass is 32.1. The second-order valence-electron chi connectivity index (χ2n) is 3.54. The lowest BCUT2D eigenvalue weighted by molar-refractivity contribution is -0.119. The van der Waals surface area contributed by atoms with Crippen molar-refractivity contribution < 1.29 is 4.79 Å². The molecule has 66 valence electrons. The van der Waals surface area contributed by atoms with Gasteiger partial charge in [0.15, 0.2) is 0 Å². The molecule has 1 N–H and O–H groups in total. The first-order chi connectivity index (χ1) is 6.05. The van der Waals surface area contributed by atoms with Gasteiger partial charge in [0.2, 0.25) is 5.91 Å². The average Bonchev–Trinajstić information content (AvgIpc) is 2.54. The smallest absolute Gasteiger partial charge is 0.235 e. The molecule has 1 amide bonds. The van der Waals surface area contributed by atoms with E-state index in [1.54, 1.807) is 6.07 Å². The Morgan fingerprint density at radius 3 is 2.85 bits per heavy atom. The molecule has 3 nitrogen and oxygen atoms in total. The van der Waals surface area contributed by atoms with E-state index in [1.807, 2.05) is 13.8 Å². The number of carbonyl (C=O) groups is 1. The Morgan fingerprint density at radius 1 is 1.62 bits per heavy atom. The number of anilines is 1. The normalized spacial score (nSPS) is 17.8. The number of nitrogens with one attached hydrogen (secondary N) is 1. The molecule has 0 bridgehead atoms. The fourth-order valence-electron chi connectivity index (χ4n) is 1.38. The van der Waals surface area contributed by atoms with Gasteiger partial charge in [0.25, 0.3) is 0 Å². The Bertz CT molecular complexity index is 425. The van der Waals surface area contributed by atoms with Crippen LogP contribution in [0.2, 0.25) is 0 Å². The van der Waals surface area contributed by atoms with Crippen molar-refractivity contribution in [3.63, 3.8) is 0 Å². The van der Waals surface area contributed by atoms with Crippen LogP contribution in [-0.2, 0) is 10.2 Å². The lowest BCUT2D eigenvalue weighted by atomic mass is 9.93. The van der Waals surface area contributed by atoms with Crippen LogP contribution in [0.25, 0.3) is 0 Å². The van der Waals surface area contributed by atoms with Gasteiger partial charge in [0, 0.05) is 4.88 Å². The lowest BCUT2D eigenvalue weighted by Gasteiger charge is -2.12. The van der Waals surface area contributed by atoms with Crippen LogP contribution in [0.1, 0.15) is 23.6 Å². The molecule has 4 heteroatoms. The summed E-state index contributed by atoms with van der Waals surface area (Å²) >= 11 is 1.39. The summed E-state index contributed by atoms with van der Waals surface area (Å²) in [7, 11) is 0. The Kier molecular flexibility index (Phi) is 1.48. The molecule has 2 heterocycles. The molecule has 2 rings (SSSR count). The largest absolute Gasteiger partial charge is 0.324 e. The first-order valence-corrected chi connectivity index (χ1v) is 4.73. The van der Waals surface area contributed by atoms with Crippen molar-refractivity contribution in [2.45, 2.75) is 19.3 Å². The summed E-state index contributed by atoms with van der Waals surface area (Å²) < 4.78 is 0. The van der Waals surface area contributed by atoms with Crippen LogP contribution in [0.5, 0.6) is 0 Å². The Morgan fingerprint density at radius 2 is 2.31 bits per heavy atom. The van der Waals surface area contributed by atoms with Crippen LogP contribution in [0.15, 0.2) is 6.07 Å². The molecule has 0 fully saturated rings. The van der Waals surface area contributed by atoms with Gasteiger partial charge < -0.3 is 5.32 Å². The van der Waals surface area contributed by atoms with Crippen LogP contribution in [0.4, 0.5) is 5.69 Å². The van der Waals surface area contributed by atoms with Crippen molar-refractivity contribution in [1.82, 2.24) is 0 Å². The number of hydrogen-bond acceptors (Lipinski definition) is 3. The highest BCUT2D eigenvalue weighted by Gasteiger charge is 2.40. The van der Waals surface area contributed by atoms with Crippen LogP contribution >= 0.6 is 11.3 Å². The highest BCUT2D eigenvalue weighted by Crippen LogP contribution is 2.42. The van der Waals surface area contributed by atoms with Crippen molar-refractivity contribution in [3.8, 4) is 6.07 Å². The van der Waals surface area contributed by atoms with E-state index in [2.05, 4.69) is 11.4 Å². The summed E-state index contributed by atoms with van der Waals surface area (Å²) in [6, 6.07) is 3.81. The van der Waals surface area contributed by atoms with Crippen LogP contribution < -0.4 is 5.32 Å². The van der Waals surface area contributed by atoms with Crippen molar-refractivity contribution in [2.24, 2.45) is 0 Å². The predicted molar refractivity (Wildman–Crippen MR) is 50.7 cm³/mol. The van der Waals surface area contributed by atoms with Crippen molar-refractivity contribution in [1.29, 1.82) is 5.26 Å². The van der Waals surface area contributed by atoms with Gasteiger partial charge in [-0.25, -0.2) is 0 Å². The molecular formula is C9H8N2OS. The average molecular weight is 192 g/mol. The number of nitrogens with zero attached hydrogens (tertiary/aromatic N) is 1. The third-order valence-electron chi connectivity index (χ3n) is 2.23. The SMILES string of the molecule is CC1(C)C(=O)Nc2cc(C#N)sc21. The zero-order valence-corrected chi connectivity index (χ0v) is 8.16. The second kappa shape index (κ2) is 2.33. The summed E-state index contributed by atoms with van der Waals surface area (Å²) in [5, 5.41) is 11.4. The number of amides is 1. The van der Waals surface area contributed by atoms with Crippen LogP contribution in [-0.4, -0.2) is 5.91 Å². The first kappa shape index (κ1) is 8.27. The fraction of sp³-hybridized carbons (Fsp3) is 0.333. The van der Waals surface area contributed by atoms with Gasteiger partial charge >= 0.3 is 0 Å². The number of hydrogen-bond donors (Lipinski definition) is 1. The molecule has 1 aromatic heterocycles. The number of rotatable bonds is 0. The molecule has 0 atom stereocenters. The van der Waals surface area contributed by atoms with Crippen LogP contribution in [0, 0.1) is 11.3 Å². The molecule has 0 aliphatic carbocycles. The van der Waals surface area contributed by atoms with E-state index in [9.17, 15) is 4.79 Å². The molecule has 13 heavy (non-hydrogen) atoms. The standard InChI is InChI=1S/C9H8N2OS/c1-9(2)7-6(11-8(9)12)3-5(4-10)13-7/h3H,1-2H3,(H,11,12). The number of fused-ring (bicyclic) bond motifs is 1. The summed E-state index contributed by atoms with van der Waals surface area (Å²) in [5.74, 6) is 0.0123. The maximum absolute atomic E-state index is 11.4. The van der Waals surface area contributed by atoms with Crippen molar-refractivity contribution in [3.05, 3.63) is 15.8 Å². The third kappa shape index (κ3) is 0.973. The van der Waals surface area contributed by atoms with Gasteiger partial charge in [-0.1, -0.05) is 0 Å². The summed E-state index contributed by atoms with van der Waals surface area (Å²) in [5.41, 5.74) is 0.325. The second-order valence-corrected chi connectivity index (χ2v) is 4.60. The molecule has 1 aliphatic rings. The van der Waals surface area contributed by atoms with Gasteiger partial charge in [-0.3, -0.25) is 4.79 Å². The van der Waals surface area contributed by atoms with Gasteiger partial charge in [0.1, 0.15) is 10.9 Å². The Balaban J connectivity index is 2.59. The molecule has 0 spiro atoms. The van der Waals surface area contributed by atoms with E-state index >= 15 is 0 Å². The predicted octanol–water partition coefficient (Wildman–Crippen LogP) is 1.85. The third-order valence-corrected chi connectivity index (χ3v) is 3.59. The zero-order chi connectivity index (χ0) is 9.64. The first-order valence-electron chi connectivity index (χ1n) is 3.91. The van der Waals surface area contributed by atoms with E-state index in [0.717, 1.165) is 10.6 Å². The lowest BCUT2D eigenvalue weighted by Crippen LogP contribution is -2.26. The highest BCUT2D eigenvalue weighted by molar-refractivity contribution is 7.13. The number of carbonyl (C=O) groups excluding carboxylic acids is 1. The van der Waals surface area contributed by atoms with Gasteiger partial charge in [-0.2, -0.15) is 5.26 Å². The number of nitriles is 1. The van der Waals surface area contributed by atoms with E-state index in [0.29, 0.717) is 4.88 Å². The van der Waals surface area contributed by atoms with E-state index < -0.39 is 5.41 Å². The minimum Gasteiger partial charge on any atom is -0.324 e. The molecule has 0 radical (unpaired) electrons. The van der Waals surface area contributed by atoms with E-state index in [4.69, 9.17) is 5.26 Å². The van der Waals surface area contributed by atoms with Crippen LogP contribution in [0.3, 0.4) is 0 Å². The molecule has 0 unspecified atom stereocenters. The Labute approximate surface area is 80.0 Å². The quantitative estimate of drug-likeness (QED) is 0.682. The van der Waals surface area contributed by atoms with Gasteiger partial charge in [-0.15, -0.1) is 11.3 Å². The molecule has 1 aromatic rings. The topological polar surface area (TPSA) is 52.9 Å². The van der Waals surface area contributed by atoms with E-state index in [1.165, 1.54) is 11.3 Å². The minimum absolute atomic E-state index is 0.0123. The molecule has 0 saturated carbocycles. The Hall–Kier alpha value is -1.34.